The summed E-state index contributed by atoms with van der Waals surface area (Å²) in [5.41, 5.74) is 0.786. The van der Waals surface area contributed by atoms with Crippen LogP contribution in [0.4, 0.5) is 0 Å². The Labute approximate surface area is 136 Å². The molecular weight excluding hydrogens is 320 g/mol. The molecule has 0 aromatic heterocycles. The molecule has 0 bridgehead atoms. The predicted octanol–water partition coefficient (Wildman–Crippen LogP) is 0.577. The lowest BCUT2D eigenvalue weighted by molar-refractivity contribution is -0.120. The number of hydrogen-bond donors (Lipinski definition) is 2. The molecule has 1 unspecified atom stereocenters. The van der Waals surface area contributed by atoms with Crippen LogP contribution in [0.1, 0.15) is 18.4 Å². The fourth-order valence-electron chi connectivity index (χ4n) is 2.33. The smallest absolute Gasteiger partial charge is 0.244 e. The van der Waals surface area contributed by atoms with Crippen molar-refractivity contribution >= 4 is 15.9 Å². The molecule has 23 heavy (non-hydrogen) atoms. The third-order valence-corrected chi connectivity index (χ3v) is 5.00. The molecule has 0 spiro atoms. The van der Waals surface area contributed by atoms with E-state index in [9.17, 15) is 13.2 Å². The van der Waals surface area contributed by atoms with Gasteiger partial charge in [0.15, 0.2) is 0 Å². The highest BCUT2D eigenvalue weighted by atomic mass is 32.2. The normalized spacial score (nSPS) is 17.9. The third kappa shape index (κ3) is 4.92. The van der Waals surface area contributed by atoms with Gasteiger partial charge in [0.1, 0.15) is 10.6 Å². The molecule has 1 atom stereocenters. The van der Waals surface area contributed by atoms with E-state index in [1.54, 1.807) is 19.1 Å². The van der Waals surface area contributed by atoms with Crippen molar-refractivity contribution in [3.63, 3.8) is 0 Å². The lowest BCUT2D eigenvalue weighted by atomic mass is 10.2. The van der Waals surface area contributed by atoms with E-state index in [0.29, 0.717) is 13.2 Å². The third-order valence-electron chi connectivity index (χ3n) is 3.58. The number of carbonyl (C=O) groups is 1. The molecule has 1 aliphatic rings. The first-order valence-electron chi connectivity index (χ1n) is 7.45. The van der Waals surface area contributed by atoms with E-state index in [4.69, 9.17) is 9.47 Å². The van der Waals surface area contributed by atoms with Gasteiger partial charge in [-0.25, -0.2) is 13.1 Å². The van der Waals surface area contributed by atoms with Gasteiger partial charge in [0.25, 0.3) is 0 Å². The number of benzene rings is 1. The van der Waals surface area contributed by atoms with Gasteiger partial charge in [-0.3, -0.25) is 4.79 Å². The molecule has 1 heterocycles. The van der Waals surface area contributed by atoms with Crippen molar-refractivity contribution in [2.75, 3.05) is 26.8 Å². The number of aryl methyl sites for hydroxylation is 1. The molecule has 1 amide bonds. The average molecular weight is 342 g/mol. The Balaban J connectivity index is 1.93. The van der Waals surface area contributed by atoms with Gasteiger partial charge in [-0.05, 0) is 37.5 Å². The second kappa shape index (κ2) is 7.76. The van der Waals surface area contributed by atoms with Crippen LogP contribution in [0.25, 0.3) is 0 Å². The minimum Gasteiger partial charge on any atom is -0.495 e. The van der Waals surface area contributed by atoms with E-state index in [-0.39, 0.29) is 23.3 Å². The maximum absolute atomic E-state index is 12.3. The zero-order valence-electron chi connectivity index (χ0n) is 13.3. The topological polar surface area (TPSA) is 93.7 Å². The SMILES string of the molecule is COc1ccc(C)cc1S(=O)(=O)NCC(=O)NCC1CCCO1. The van der Waals surface area contributed by atoms with Crippen LogP contribution in [0.3, 0.4) is 0 Å². The molecule has 1 saturated heterocycles. The summed E-state index contributed by atoms with van der Waals surface area (Å²) in [5.74, 6) is -0.154. The number of carbonyl (C=O) groups excluding carboxylic acids is 1. The Hall–Kier alpha value is -1.64. The maximum Gasteiger partial charge on any atom is 0.244 e. The second-order valence-electron chi connectivity index (χ2n) is 5.42. The van der Waals surface area contributed by atoms with Crippen molar-refractivity contribution in [3.8, 4) is 5.75 Å². The van der Waals surface area contributed by atoms with Crippen LogP contribution in [-0.4, -0.2) is 47.2 Å². The van der Waals surface area contributed by atoms with E-state index in [0.717, 1.165) is 18.4 Å². The van der Waals surface area contributed by atoms with Crippen LogP contribution in [-0.2, 0) is 19.6 Å². The molecule has 128 valence electrons. The summed E-state index contributed by atoms with van der Waals surface area (Å²) in [4.78, 5) is 11.8. The van der Waals surface area contributed by atoms with Crippen molar-refractivity contribution in [2.45, 2.75) is 30.8 Å². The number of sulfonamides is 1. The minimum atomic E-state index is -3.83. The van der Waals surface area contributed by atoms with E-state index in [1.807, 2.05) is 0 Å². The molecule has 1 fully saturated rings. The van der Waals surface area contributed by atoms with Gasteiger partial charge in [0.2, 0.25) is 15.9 Å². The zero-order valence-corrected chi connectivity index (χ0v) is 14.1. The van der Waals surface area contributed by atoms with Gasteiger partial charge < -0.3 is 14.8 Å². The molecule has 7 nitrogen and oxygen atoms in total. The fraction of sp³-hybridized carbons (Fsp3) is 0.533. The van der Waals surface area contributed by atoms with Crippen molar-refractivity contribution in [1.29, 1.82) is 0 Å². The van der Waals surface area contributed by atoms with Crippen molar-refractivity contribution in [3.05, 3.63) is 23.8 Å². The number of ether oxygens (including phenoxy) is 2. The number of nitrogens with one attached hydrogen (secondary N) is 2. The number of rotatable bonds is 7. The van der Waals surface area contributed by atoms with E-state index >= 15 is 0 Å². The summed E-state index contributed by atoms with van der Waals surface area (Å²) >= 11 is 0. The fourth-order valence-corrected chi connectivity index (χ4v) is 3.56. The summed E-state index contributed by atoms with van der Waals surface area (Å²) < 4.78 is 37.4. The molecular formula is C15H22N2O5S. The Morgan fingerprint density at radius 3 is 2.87 bits per heavy atom. The second-order valence-corrected chi connectivity index (χ2v) is 7.15. The first kappa shape index (κ1) is 17.7. The van der Waals surface area contributed by atoms with Crippen LogP contribution in [0, 0.1) is 6.92 Å². The van der Waals surface area contributed by atoms with Gasteiger partial charge in [0, 0.05) is 13.2 Å². The molecule has 8 heteroatoms. The highest BCUT2D eigenvalue weighted by Gasteiger charge is 2.21. The van der Waals surface area contributed by atoms with Crippen LogP contribution in [0.15, 0.2) is 23.1 Å². The number of amides is 1. The van der Waals surface area contributed by atoms with Gasteiger partial charge >= 0.3 is 0 Å². The first-order chi connectivity index (χ1) is 10.9. The van der Waals surface area contributed by atoms with Crippen LogP contribution >= 0.6 is 0 Å². The molecule has 0 radical (unpaired) electrons. The van der Waals surface area contributed by atoms with Crippen molar-refractivity contribution < 1.29 is 22.7 Å². The van der Waals surface area contributed by atoms with Crippen LogP contribution < -0.4 is 14.8 Å². The standard InChI is InChI=1S/C15H22N2O5S/c1-11-5-6-13(21-2)14(8-11)23(19,20)17-10-15(18)16-9-12-4-3-7-22-12/h5-6,8,12,17H,3-4,7,9-10H2,1-2H3,(H,16,18). The molecule has 2 rings (SSSR count). The maximum atomic E-state index is 12.3. The van der Waals surface area contributed by atoms with Gasteiger partial charge in [-0.15, -0.1) is 0 Å². The number of methoxy groups -OCH3 is 1. The van der Waals surface area contributed by atoms with E-state index in [2.05, 4.69) is 10.0 Å². The van der Waals surface area contributed by atoms with Gasteiger partial charge in [-0.1, -0.05) is 6.07 Å². The molecule has 1 aromatic rings. The van der Waals surface area contributed by atoms with E-state index in [1.165, 1.54) is 13.2 Å². The quantitative estimate of drug-likeness (QED) is 0.756. The molecule has 2 N–H and O–H groups in total. The monoisotopic (exact) mass is 342 g/mol. The number of hydrogen-bond acceptors (Lipinski definition) is 5. The lowest BCUT2D eigenvalue weighted by Gasteiger charge is -2.13. The Kier molecular flexibility index (Phi) is 5.97. The molecule has 1 aromatic carbocycles. The molecule has 0 saturated carbocycles. The summed E-state index contributed by atoms with van der Waals surface area (Å²) in [6.07, 6.45) is 1.92. The first-order valence-corrected chi connectivity index (χ1v) is 8.93. The summed E-state index contributed by atoms with van der Waals surface area (Å²) in [5, 5.41) is 2.67. The largest absolute Gasteiger partial charge is 0.495 e. The predicted molar refractivity (Wildman–Crippen MR) is 84.9 cm³/mol. The van der Waals surface area contributed by atoms with Crippen molar-refractivity contribution in [1.82, 2.24) is 10.0 Å². The lowest BCUT2D eigenvalue weighted by Crippen LogP contribution is -2.40. The van der Waals surface area contributed by atoms with Crippen molar-refractivity contribution in [2.24, 2.45) is 0 Å². The zero-order chi connectivity index (χ0) is 16.9. The Morgan fingerprint density at radius 2 is 2.22 bits per heavy atom. The van der Waals surface area contributed by atoms with Crippen LogP contribution in [0.5, 0.6) is 5.75 Å². The average Bonchev–Trinajstić information content (AvgIpc) is 3.04. The van der Waals surface area contributed by atoms with Crippen LogP contribution in [0.2, 0.25) is 0 Å². The Morgan fingerprint density at radius 1 is 1.43 bits per heavy atom. The van der Waals surface area contributed by atoms with E-state index < -0.39 is 15.9 Å². The summed E-state index contributed by atoms with van der Waals surface area (Å²) in [7, 11) is -2.42. The van der Waals surface area contributed by atoms with Gasteiger partial charge in [-0.2, -0.15) is 0 Å². The highest BCUT2D eigenvalue weighted by Crippen LogP contribution is 2.24. The molecule has 1 aliphatic heterocycles. The highest BCUT2D eigenvalue weighted by molar-refractivity contribution is 7.89. The summed E-state index contributed by atoms with van der Waals surface area (Å²) in [6.45, 7) is 2.56. The Bertz CT molecular complexity index is 654. The van der Waals surface area contributed by atoms with Gasteiger partial charge in [0.05, 0.1) is 19.8 Å². The summed E-state index contributed by atoms with van der Waals surface area (Å²) in [6, 6.07) is 4.85. The minimum absolute atomic E-state index is 0.0203. The molecule has 0 aliphatic carbocycles.